The fourth-order valence-electron chi connectivity index (χ4n) is 2.39. The minimum atomic E-state index is -4.67. The number of hydrogen-bond donors (Lipinski definition) is 2. The van der Waals surface area contributed by atoms with Gasteiger partial charge in [-0.2, -0.15) is 13.2 Å². The standard InChI is InChI=1S/C19H13F3N2O4S/c20-19(21,22)12-4-1-2-5-13(12)24-18(27)17(26)23-10-11-7-8-15(29-11)16(25)14-6-3-9-28-14/h1-9H,10H2,(H,23,26)(H,24,27). The Morgan fingerprint density at radius 2 is 1.72 bits per heavy atom. The molecular formula is C19H13F3N2O4S. The summed E-state index contributed by atoms with van der Waals surface area (Å²) in [5.74, 6) is -2.48. The van der Waals surface area contributed by atoms with Crippen molar-refractivity contribution in [3.8, 4) is 0 Å². The van der Waals surface area contributed by atoms with E-state index in [2.05, 4.69) is 5.32 Å². The summed E-state index contributed by atoms with van der Waals surface area (Å²) in [7, 11) is 0. The molecule has 2 aromatic heterocycles. The number of halogens is 3. The second kappa shape index (κ2) is 8.31. The van der Waals surface area contributed by atoms with Crippen LogP contribution in [0.3, 0.4) is 0 Å². The van der Waals surface area contributed by atoms with Gasteiger partial charge in [-0.15, -0.1) is 11.3 Å². The molecule has 0 unspecified atom stereocenters. The largest absolute Gasteiger partial charge is 0.461 e. The topological polar surface area (TPSA) is 88.4 Å². The molecule has 2 heterocycles. The van der Waals surface area contributed by atoms with Crippen molar-refractivity contribution in [2.75, 3.05) is 5.32 Å². The second-order valence-corrected chi connectivity index (χ2v) is 6.92. The van der Waals surface area contributed by atoms with Crippen LogP contribution in [-0.4, -0.2) is 17.6 Å². The highest BCUT2D eigenvalue weighted by atomic mass is 32.1. The summed E-state index contributed by atoms with van der Waals surface area (Å²) in [5, 5.41) is 4.27. The van der Waals surface area contributed by atoms with E-state index in [0.717, 1.165) is 23.5 Å². The number of furan rings is 1. The van der Waals surface area contributed by atoms with E-state index in [9.17, 15) is 27.6 Å². The van der Waals surface area contributed by atoms with Gasteiger partial charge in [0.15, 0.2) is 5.76 Å². The summed E-state index contributed by atoms with van der Waals surface area (Å²) in [6, 6.07) is 10.6. The van der Waals surface area contributed by atoms with Crippen molar-refractivity contribution in [1.29, 1.82) is 0 Å². The van der Waals surface area contributed by atoms with Gasteiger partial charge in [0, 0.05) is 4.88 Å². The highest BCUT2D eigenvalue weighted by Crippen LogP contribution is 2.34. The van der Waals surface area contributed by atoms with E-state index < -0.39 is 29.2 Å². The monoisotopic (exact) mass is 422 g/mol. The van der Waals surface area contributed by atoms with Crippen molar-refractivity contribution in [2.45, 2.75) is 12.7 Å². The van der Waals surface area contributed by atoms with Crippen LogP contribution in [0, 0.1) is 0 Å². The molecule has 0 saturated carbocycles. The third-order valence-electron chi connectivity index (χ3n) is 3.74. The number of ketones is 1. The molecule has 0 aliphatic heterocycles. The van der Waals surface area contributed by atoms with Gasteiger partial charge in [-0.25, -0.2) is 0 Å². The average Bonchev–Trinajstić information content (AvgIpc) is 3.37. The van der Waals surface area contributed by atoms with Gasteiger partial charge in [-0.3, -0.25) is 14.4 Å². The van der Waals surface area contributed by atoms with Crippen LogP contribution in [0.4, 0.5) is 18.9 Å². The number of thiophene rings is 1. The number of carbonyl (C=O) groups is 3. The maximum Gasteiger partial charge on any atom is 0.418 e. The average molecular weight is 422 g/mol. The number of anilines is 1. The van der Waals surface area contributed by atoms with Crippen LogP contribution in [0.1, 0.15) is 25.9 Å². The fraction of sp³-hybridized carbons (Fsp3) is 0.105. The molecule has 6 nitrogen and oxygen atoms in total. The van der Waals surface area contributed by atoms with Crippen LogP contribution >= 0.6 is 11.3 Å². The van der Waals surface area contributed by atoms with E-state index in [1.165, 1.54) is 24.5 Å². The van der Waals surface area contributed by atoms with Crippen LogP contribution in [0.25, 0.3) is 0 Å². The van der Waals surface area contributed by atoms with Gasteiger partial charge in [0.25, 0.3) is 0 Å². The van der Waals surface area contributed by atoms with E-state index in [0.29, 0.717) is 9.75 Å². The zero-order chi connectivity index (χ0) is 21.0. The third kappa shape index (κ3) is 4.91. The van der Waals surface area contributed by atoms with Gasteiger partial charge >= 0.3 is 18.0 Å². The smallest absolute Gasteiger partial charge is 0.418 e. The van der Waals surface area contributed by atoms with Gasteiger partial charge in [-0.1, -0.05) is 12.1 Å². The second-order valence-electron chi connectivity index (χ2n) is 5.75. The van der Waals surface area contributed by atoms with Crippen molar-refractivity contribution >= 4 is 34.6 Å². The molecule has 0 fully saturated rings. The minimum Gasteiger partial charge on any atom is -0.461 e. The zero-order valence-corrected chi connectivity index (χ0v) is 15.4. The molecule has 0 bridgehead atoms. The first-order valence-electron chi connectivity index (χ1n) is 8.18. The van der Waals surface area contributed by atoms with E-state index >= 15 is 0 Å². The lowest BCUT2D eigenvalue weighted by Gasteiger charge is -2.13. The quantitative estimate of drug-likeness (QED) is 0.483. The van der Waals surface area contributed by atoms with E-state index in [-0.39, 0.29) is 18.1 Å². The predicted molar refractivity (Wildman–Crippen MR) is 98.4 cm³/mol. The van der Waals surface area contributed by atoms with Crippen molar-refractivity contribution in [1.82, 2.24) is 5.32 Å². The molecule has 2 amide bonds. The summed E-state index contributed by atoms with van der Waals surface area (Å²) < 4.78 is 43.9. The van der Waals surface area contributed by atoms with Crippen LogP contribution in [0.15, 0.2) is 59.2 Å². The summed E-state index contributed by atoms with van der Waals surface area (Å²) in [5.41, 5.74) is -1.57. The third-order valence-corrected chi connectivity index (χ3v) is 4.82. The molecule has 0 atom stereocenters. The number of nitrogens with one attached hydrogen (secondary N) is 2. The molecule has 29 heavy (non-hydrogen) atoms. The summed E-state index contributed by atoms with van der Waals surface area (Å²) in [6.45, 7) is -0.0662. The van der Waals surface area contributed by atoms with Gasteiger partial charge in [-0.05, 0) is 36.4 Å². The molecule has 1 aromatic carbocycles. The molecule has 0 aliphatic rings. The number of rotatable bonds is 5. The molecule has 3 aromatic rings. The molecule has 0 aliphatic carbocycles. The number of carbonyl (C=O) groups excluding carboxylic acids is 3. The van der Waals surface area contributed by atoms with Crippen molar-refractivity contribution in [3.63, 3.8) is 0 Å². The van der Waals surface area contributed by atoms with E-state index in [4.69, 9.17) is 4.42 Å². The Hall–Kier alpha value is -3.40. The van der Waals surface area contributed by atoms with Gasteiger partial charge in [0.1, 0.15) is 0 Å². The van der Waals surface area contributed by atoms with Crippen LogP contribution in [-0.2, 0) is 22.3 Å². The molecule has 0 spiro atoms. The van der Waals surface area contributed by atoms with Crippen molar-refractivity contribution < 1.29 is 32.0 Å². The Labute approximate surface area is 166 Å². The van der Waals surface area contributed by atoms with Gasteiger partial charge in [0.2, 0.25) is 5.78 Å². The molecule has 2 N–H and O–H groups in total. The van der Waals surface area contributed by atoms with Crippen LogP contribution < -0.4 is 10.6 Å². The highest BCUT2D eigenvalue weighted by molar-refractivity contribution is 7.14. The Balaban J connectivity index is 1.59. The number of alkyl halides is 3. The van der Waals surface area contributed by atoms with Crippen molar-refractivity contribution in [2.24, 2.45) is 0 Å². The fourth-order valence-corrected chi connectivity index (χ4v) is 3.28. The Kier molecular flexibility index (Phi) is 5.83. The number of benzene rings is 1. The minimum absolute atomic E-state index is 0.0662. The first kappa shape index (κ1) is 20.3. The highest BCUT2D eigenvalue weighted by Gasteiger charge is 2.34. The molecular weight excluding hydrogens is 409 g/mol. The maximum absolute atomic E-state index is 13.0. The summed E-state index contributed by atoms with van der Waals surface area (Å²) >= 11 is 1.10. The zero-order valence-electron chi connectivity index (χ0n) is 14.6. The Bertz CT molecular complexity index is 1040. The van der Waals surface area contributed by atoms with Crippen LogP contribution in [0.2, 0.25) is 0 Å². The normalized spacial score (nSPS) is 11.1. The first-order chi connectivity index (χ1) is 13.8. The summed E-state index contributed by atoms with van der Waals surface area (Å²) in [4.78, 5) is 37.0. The Morgan fingerprint density at radius 1 is 0.966 bits per heavy atom. The number of hydrogen-bond acceptors (Lipinski definition) is 5. The van der Waals surface area contributed by atoms with E-state index in [1.54, 1.807) is 18.2 Å². The lowest BCUT2D eigenvalue weighted by Crippen LogP contribution is -2.35. The maximum atomic E-state index is 13.0. The first-order valence-corrected chi connectivity index (χ1v) is 8.99. The molecule has 0 saturated heterocycles. The SMILES string of the molecule is O=C(NCc1ccc(C(=O)c2ccco2)s1)C(=O)Nc1ccccc1C(F)(F)F. The molecule has 10 heteroatoms. The molecule has 0 radical (unpaired) electrons. The number of para-hydroxylation sites is 1. The number of amides is 2. The van der Waals surface area contributed by atoms with Gasteiger partial charge < -0.3 is 15.1 Å². The van der Waals surface area contributed by atoms with Crippen LogP contribution in [0.5, 0.6) is 0 Å². The lowest BCUT2D eigenvalue weighted by atomic mass is 10.1. The molecule has 150 valence electrons. The van der Waals surface area contributed by atoms with Gasteiger partial charge in [0.05, 0.1) is 28.9 Å². The predicted octanol–water partition coefficient (Wildman–Crippen LogP) is 3.85. The summed E-state index contributed by atoms with van der Waals surface area (Å²) in [6.07, 6.45) is -3.30. The lowest BCUT2D eigenvalue weighted by molar-refractivity contribution is -0.138. The molecule has 3 rings (SSSR count). The van der Waals surface area contributed by atoms with E-state index in [1.807, 2.05) is 5.32 Å². The van der Waals surface area contributed by atoms with Crippen molar-refractivity contribution in [3.05, 3.63) is 75.9 Å². The Morgan fingerprint density at radius 3 is 2.41 bits per heavy atom.